The molecule has 0 amide bonds. The number of anilines is 1. The van der Waals surface area contributed by atoms with Gasteiger partial charge in [0.1, 0.15) is 36.6 Å². The number of nitrogens with two attached hydrogens (primary N) is 1. The van der Waals surface area contributed by atoms with E-state index in [1.54, 1.807) is 0 Å². The summed E-state index contributed by atoms with van der Waals surface area (Å²) in [5.74, 6) is -0.244. The Balaban J connectivity index is 1.65. The maximum Gasteiger partial charge on any atom is 0.397 e. The van der Waals surface area contributed by atoms with Crippen molar-refractivity contribution >= 4 is 27.5 Å². The summed E-state index contributed by atoms with van der Waals surface area (Å²) >= 11 is 0. The lowest BCUT2D eigenvalue weighted by molar-refractivity contribution is -0.311. The van der Waals surface area contributed by atoms with Gasteiger partial charge in [0.15, 0.2) is 23.7 Å². The number of aromatic amines is 1. The Morgan fingerprint density at radius 2 is 1.88 bits per heavy atom. The van der Waals surface area contributed by atoms with Crippen molar-refractivity contribution in [3.05, 3.63) is 16.7 Å². The minimum atomic E-state index is -4.90. The van der Waals surface area contributed by atoms with Gasteiger partial charge in [0.25, 0.3) is 5.56 Å². The summed E-state index contributed by atoms with van der Waals surface area (Å²) in [6, 6.07) is 0. The van der Waals surface area contributed by atoms with Gasteiger partial charge in [-0.15, -0.1) is 0 Å². The summed E-state index contributed by atoms with van der Waals surface area (Å²) in [4.78, 5) is 22.2. The Bertz CT molecular complexity index is 1200. The van der Waals surface area contributed by atoms with Crippen LogP contribution in [0.2, 0.25) is 0 Å². The van der Waals surface area contributed by atoms with Gasteiger partial charge in [-0.3, -0.25) is 18.9 Å². The number of imidazole rings is 1. The molecule has 2 fully saturated rings. The van der Waals surface area contributed by atoms with Crippen molar-refractivity contribution in [3.8, 4) is 0 Å². The van der Waals surface area contributed by atoms with E-state index in [2.05, 4.69) is 19.1 Å². The fraction of sp³-hybridized carbons (Fsp3) is 0.688. The van der Waals surface area contributed by atoms with Crippen LogP contribution in [0.4, 0.5) is 5.95 Å². The van der Waals surface area contributed by atoms with Crippen molar-refractivity contribution in [1.29, 1.82) is 0 Å². The summed E-state index contributed by atoms with van der Waals surface area (Å²) in [7, 11) is -4.90. The number of nitrogens with zero attached hydrogens (tertiary/aromatic N) is 3. The Morgan fingerprint density at radius 3 is 2.56 bits per heavy atom. The molecule has 0 aliphatic carbocycles. The number of hydrogen-bond acceptors (Lipinski definition) is 14. The Labute approximate surface area is 190 Å². The minimum absolute atomic E-state index is 0.0680. The first-order valence-electron chi connectivity index (χ1n) is 9.90. The smallest absolute Gasteiger partial charge is 0.388 e. The van der Waals surface area contributed by atoms with Crippen LogP contribution in [-0.2, 0) is 28.8 Å². The second kappa shape index (κ2) is 9.07. The Morgan fingerprint density at radius 1 is 1.18 bits per heavy atom. The number of nitrogens with one attached hydrogen (secondary N) is 1. The highest BCUT2D eigenvalue weighted by Crippen LogP contribution is 2.35. The van der Waals surface area contributed by atoms with Crippen LogP contribution in [0.3, 0.4) is 0 Å². The zero-order chi connectivity index (χ0) is 24.9. The van der Waals surface area contributed by atoms with Gasteiger partial charge in [-0.2, -0.15) is 13.4 Å². The van der Waals surface area contributed by atoms with Gasteiger partial charge in [-0.05, 0) is 6.92 Å². The molecule has 4 rings (SSSR count). The number of ether oxygens (including phenoxy) is 3. The highest BCUT2D eigenvalue weighted by atomic mass is 32.3. The third-order valence-electron chi connectivity index (χ3n) is 5.52. The molecule has 8 N–H and O–H groups in total. The maximum atomic E-state index is 12.1. The number of rotatable bonds is 6. The fourth-order valence-corrected chi connectivity index (χ4v) is 4.12. The van der Waals surface area contributed by atoms with E-state index >= 15 is 0 Å². The summed E-state index contributed by atoms with van der Waals surface area (Å²) in [6.07, 6.45) is -12.1. The predicted molar refractivity (Wildman–Crippen MR) is 107 cm³/mol. The Kier molecular flexibility index (Phi) is 6.63. The Hall–Kier alpha value is -2.26. The van der Waals surface area contributed by atoms with E-state index in [0.717, 1.165) is 10.9 Å². The van der Waals surface area contributed by atoms with Crippen LogP contribution >= 0.6 is 0 Å². The monoisotopic (exact) mass is 509 g/mol. The molecule has 0 aromatic carbocycles. The average Bonchev–Trinajstić information content (AvgIpc) is 3.29. The van der Waals surface area contributed by atoms with Crippen molar-refractivity contribution in [2.45, 2.75) is 62.2 Å². The highest BCUT2D eigenvalue weighted by Gasteiger charge is 2.51. The second-order valence-corrected chi connectivity index (χ2v) is 8.92. The van der Waals surface area contributed by atoms with E-state index in [-0.39, 0.29) is 17.1 Å². The van der Waals surface area contributed by atoms with Crippen molar-refractivity contribution in [1.82, 2.24) is 19.5 Å². The van der Waals surface area contributed by atoms with Crippen LogP contribution in [0, 0.1) is 0 Å². The van der Waals surface area contributed by atoms with Gasteiger partial charge in [0.2, 0.25) is 5.95 Å². The molecule has 17 nitrogen and oxygen atoms in total. The molecule has 2 saturated heterocycles. The van der Waals surface area contributed by atoms with E-state index in [0.29, 0.717) is 0 Å². The first kappa shape index (κ1) is 24.9. The lowest BCUT2D eigenvalue weighted by Crippen LogP contribution is -2.59. The third-order valence-corrected chi connectivity index (χ3v) is 5.95. The molecule has 18 heteroatoms. The number of H-pyrrole nitrogens is 1. The zero-order valence-electron chi connectivity index (χ0n) is 17.4. The number of aliphatic hydroxyl groups is 4. The van der Waals surface area contributed by atoms with Crippen LogP contribution in [0.5, 0.6) is 0 Å². The number of aliphatic hydroxyl groups excluding tert-OH is 4. The molecule has 2 aromatic rings. The summed E-state index contributed by atoms with van der Waals surface area (Å²) in [6.45, 7) is 0.577. The van der Waals surface area contributed by atoms with Crippen molar-refractivity contribution in [3.63, 3.8) is 0 Å². The minimum Gasteiger partial charge on any atom is -0.388 e. The molecule has 9 atom stereocenters. The summed E-state index contributed by atoms with van der Waals surface area (Å²) < 4.78 is 53.2. The number of hydrogen-bond donors (Lipinski definition) is 7. The molecular weight excluding hydrogens is 486 g/mol. The van der Waals surface area contributed by atoms with Gasteiger partial charge < -0.3 is 40.4 Å². The molecule has 0 bridgehead atoms. The van der Waals surface area contributed by atoms with Crippen LogP contribution in [-0.4, -0.2) is 109 Å². The van der Waals surface area contributed by atoms with E-state index < -0.39 is 77.8 Å². The third kappa shape index (κ3) is 4.64. The van der Waals surface area contributed by atoms with Gasteiger partial charge in [0.05, 0.1) is 19.0 Å². The SMILES string of the molecule is C[C@@H]1O[C@@H](O[C@H]2[C@@H](O)[C@H](n3cnc4c(=O)[nH]c(N)nc43)O[C@@H]2COS(=O)(=O)O)[C@@H](O)[C@H](O)[C@@H]1O. The normalized spacial score (nSPS) is 36.8. The van der Waals surface area contributed by atoms with Crippen LogP contribution in [0.1, 0.15) is 13.2 Å². The standard InChI is InChI=1S/C16H23N5O12S/c1-4-7(22)8(23)9(24)15(31-4)33-11-5(2-30-34(27,28)29)32-14(10(11)25)21-3-18-6-12(21)19-16(17)20-13(6)26/h3-5,7-11,14-15,22-25H,2H2,1H3,(H,27,28,29)(H3,17,19,20,26)/t4-,5+,7+,8+,9-,10+,11+,14+,15-/m0/s1. The lowest BCUT2D eigenvalue weighted by atomic mass is 10.00. The largest absolute Gasteiger partial charge is 0.397 e. The molecule has 2 aliphatic rings. The van der Waals surface area contributed by atoms with E-state index in [9.17, 15) is 33.6 Å². The van der Waals surface area contributed by atoms with Gasteiger partial charge in [-0.1, -0.05) is 0 Å². The average molecular weight is 509 g/mol. The predicted octanol–water partition coefficient (Wildman–Crippen LogP) is -4.01. The van der Waals surface area contributed by atoms with Gasteiger partial charge in [0, 0.05) is 0 Å². The van der Waals surface area contributed by atoms with E-state index in [1.165, 1.54) is 6.92 Å². The first-order valence-corrected chi connectivity index (χ1v) is 11.3. The lowest BCUT2D eigenvalue weighted by Gasteiger charge is -2.40. The van der Waals surface area contributed by atoms with Crippen LogP contribution in [0.25, 0.3) is 11.2 Å². The quantitative estimate of drug-likeness (QED) is 0.183. The topological polar surface area (TPSA) is 262 Å². The van der Waals surface area contributed by atoms with Crippen molar-refractivity contribution in [2.75, 3.05) is 12.3 Å². The number of fused-ring (bicyclic) bond motifs is 1. The molecule has 0 radical (unpaired) electrons. The first-order chi connectivity index (χ1) is 15.9. The molecule has 34 heavy (non-hydrogen) atoms. The van der Waals surface area contributed by atoms with Crippen LogP contribution in [0.15, 0.2) is 11.1 Å². The fourth-order valence-electron chi connectivity index (χ4n) is 3.81. The molecule has 2 aromatic heterocycles. The second-order valence-electron chi connectivity index (χ2n) is 7.83. The molecule has 0 saturated carbocycles. The summed E-state index contributed by atoms with van der Waals surface area (Å²) in [5, 5.41) is 41.1. The molecule has 2 aliphatic heterocycles. The zero-order valence-corrected chi connectivity index (χ0v) is 18.2. The highest BCUT2D eigenvalue weighted by molar-refractivity contribution is 7.80. The van der Waals surface area contributed by atoms with Crippen molar-refractivity contribution in [2.24, 2.45) is 0 Å². The number of nitrogen functional groups attached to an aromatic ring is 1. The van der Waals surface area contributed by atoms with Crippen molar-refractivity contribution < 1.29 is 51.8 Å². The number of aromatic nitrogens is 4. The van der Waals surface area contributed by atoms with Gasteiger partial charge >= 0.3 is 10.4 Å². The molecule has 0 spiro atoms. The molecule has 4 heterocycles. The molecular formula is C16H23N5O12S. The van der Waals surface area contributed by atoms with Crippen LogP contribution < -0.4 is 11.3 Å². The maximum absolute atomic E-state index is 12.1. The van der Waals surface area contributed by atoms with E-state index in [4.69, 9.17) is 24.5 Å². The molecule has 190 valence electrons. The van der Waals surface area contributed by atoms with Gasteiger partial charge in [-0.25, -0.2) is 9.17 Å². The molecule has 0 unspecified atom stereocenters. The summed E-state index contributed by atoms with van der Waals surface area (Å²) in [5.41, 5.74) is 4.72. The van der Waals surface area contributed by atoms with E-state index in [1.807, 2.05) is 0 Å².